The van der Waals surface area contributed by atoms with Crippen molar-refractivity contribution in [2.75, 3.05) is 0 Å². The van der Waals surface area contributed by atoms with Crippen LogP contribution in [0.5, 0.6) is 0 Å². The maximum Gasteiger partial charge on any atom is 0.101 e. The quantitative estimate of drug-likeness (QED) is 0.727. The van der Waals surface area contributed by atoms with E-state index in [4.69, 9.17) is 0 Å². The zero-order chi connectivity index (χ0) is 16.9. The number of aryl methyl sites for hydroxylation is 1. The maximum atomic E-state index is 9.68. The molecule has 2 aromatic heterocycles. The first-order valence-electron chi connectivity index (χ1n) is 8.34. The van der Waals surface area contributed by atoms with E-state index in [9.17, 15) is 5.26 Å². The van der Waals surface area contributed by atoms with Gasteiger partial charge < -0.3 is 0 Å². The molecule has 1 N–H and O–H groups in total. The number of hydrogen-bond acceptors (Lipinski definition) is 3. The lowest BCUT2D eigenvalue weighted by molar-refractivity contribution is 0.311. The minimum absolute atomic E-state index is 0.266. The highest BCUT2D eigenvalue weighted by atomic mass is 15.1. The highest BCUT2D eigenvalue weighted by molar-refractivity contribution is 5.98. The third-order valence-electron chi connectivity index (χ3n) is 5.17. The molecule has 120 valence electrons. The molecule has 1 aliphatic rings. The highest BCUT2D eigenvalue weighted by Crippen LogP contribution is 2.42. The fourth-order valence-corrected chi connectivity index (χ4v) is 3.85. The topological polar surface area (TPSA) is 65.4 Å². The highest BCUT2D eigenvalue weighted by Gasteiger charge is 2.30. The molecule has 0 saturated carbocycles. The lowest BCUT2D eigenvalue weighted by Crippen LogP contribution is -2.24. The van der Waals surface area contributed by atoms with E-state index in [-0.39, 0.29) is 5.41 Å². The van der Waals surface area contributed by atoms with E-state index in [0.717, 1.165) is 47.0 Å². The molecule has 0 bridgehead atoms. The first kappa shape index (κ1) is 14.9. The fraction of sp³-hybridized carbons (Fsp3) is 0.350. The molecule has 0 radical (unpaired) electrons. The maximum absolute atomic E-state index is 9.68. The molecule has 3 aromatic rings. The minimum atomic E-state index is 0.266. The van der Waals surface area contributed by atoms with Crippen molar-refractivity contribution in [1.82, 2.24) is 15.2 Å². The first-order chi connectivity index (χ1) is 11.5. The van der Waals surface area contributed by atoms with Gasteiger partial charge in [0.15, 0.2) is 0 Å². The SMILES string of the molecule is Cc1ccc2[nH]ncc2c1-c1c(C#N)cnc2c1CCC(C)(C)C2. The summed E-state index contributed by atoms with van der Waals surface area (Å²) in [6, 6.07) is 6.50. The lowest BCUT2D eigenvalue weighted by Gasteiger charge is -2.32. The zero-order valence-electron chi connectivity index (χ0n) is 14.3. The fourth-order valence-electron chi connectivity index (χ4n) is 3.85. The summed E-state index contributed by atoms with van der Waals surface area (Å²) in [4.78, 5) is 4.62. The van der Waals surface area contributed by atoms with Gasteiger partial charge in [-0.1, -0.05) is 19.9 Å². The van der Waals surface area contributed by atoms with Crippen LogP contribution in [-0.2, 0) is 12.8 Å². The van der Waals surface area contributed by atoms with Crippen LogP contribution in [0, 0.1) is 23.7 Å². The molecule has 1 aromatic carbocycles. The largest absolute Gasteiger partial charge is 0.278 e. The molecule has 0 saturated heterocycles. The number of fused-ring (bicyclic) bond motifs is 2. The van der Waals surface area contributed by atoms with Gasteiger partial charge in [0, 0.05) is 22.8 Å². The van der Waals surface area contributed by atoms with E-state index in [2.05, 4.69) is 48.1 Å². The van der Waals surface area contributed by atoms with Gasteiger partial charge in [-0.05, 0) is 54.4 Å². The number of nitriles is 1. The van der Waals surface area contributed by atoms with Crippen molar-refractivity contribution in [3.8, 4) is 17.2 Å². The molecule has 0 unspecified atom stereocenters. The Morgan fingerprint density at radius 2 is 2.04 bits per heavy atom. The predicted molar refractivity (Wildman–Crippen MR) is 94.6 cm³/mol. The van der Waals surface area contributed by atoms with E-state index in [1.807, 2.05) is 12.3 Å². The summed E-state index contributed by atoms with van der Waals surface area (Å²) < 4.78 is 0. The minimum Gasteiger partial charge on any atom is -0.278 e. The van der Waals surface area contributed by atoms with Gasteiger partial charge in [-0.25, -0.2) is 0 Å². The van der Waals surface area contributed by atoms with Gasteiger partial charge in [-0.2, -0.15) is 10.4 Å². The van der Waals surface area contributed by atoms with Crippen LogP contribution in [0.1, 0.15) is 42.7 Å². The monoisotopic (exact) mass is 316 g/mol. The molecule has 0 amide bonds. The Bertz CT molecular complexity index is 989. The number of aromatic nitrogens is 3. The summed E-state index contributed by atoms with van der Waals surface area (Å²) in [7, 11) is 0. The molecule has 0 spiro atoms. The Kier molecular flexibility index (Phi) is 3.21. The second-order valence-corrected chi connectivity index (χ2v) is 7.51. The Hall–Kier alpha value is -2.67. The second-order valence-electron chi connectivity index (χ2n) is 7.51. The smallest absolute Gasteiger partial charge is 0.101 e. The van der Waals surface area contributed by atoms with Gasteiger partial charge in [0.2, 0.25) is 0 Å². The number of aromatic amines is 1. The van der Waals surface area contributed by atoms with Crippen LogP contribution in [-0.4, -0.2) is 15.2 Å². The van der Waals surface area contributed by atoms with E-state index in [1.54, 1.807) is 6.20 Å². The Morgan fingerprint density at radius 1 is 1.21 bits per heavy atom. The van der Waals surface area contributed by atoms with Gasteiger partial charge in [0.1, 0.15) is 6.07 Å². The molecule has 1 aliphatic carbocycles. The number of benzene rings is 1. The van der Waals surface area contributed by atoms with Crippen LogP contribution < -0.4 is 0 Å². The molecule has 0 atom stereocenters. The normalized spacial score (nSPS) is 15.9. The van der Waals surface area contributed by atoms with Gasteiger partial charge in [-0.3, -0.25) is 10.1 Å². The van der Waals surface area contributed by atoms with Crippen LogP contribution in [0.2, 0.25) is 0 Å². The third-order valence-corrected chi connectivity index (χ3v) is 5.17. The summed E-state index contributed by atoms with van der Waals surface area (Å²) >= 11 is 0. The number of rotatable bonds is 1. The average molecular weight is 316 g/mol. The van der Waals surface area contributed by atoms with Crippen LogP contribution in [0.15, 0.2) is 24.5 Å². The molecule has 0 aliphatic heterocycles. The van der Waals surface area contributed by atoms with Crippen molar-refractivity contribution in [3.63, 3.8) is 0 Å². The predicted octanol–water partition coefficient (Wildman–Crippen LogP) is 4.32. The van der Waals surface area contributed by atoms with E-state index in [0.29, 0.717) is 5.56 Å². The summed E-state index contributed by atoms with van der Waals surface area (Å²) in [5.41, 5.74) is 7.65. The Morgan fingerprint density at radius 3 is 2.83 bits per heavy atom. The van der Waals surface area contributed by atoms with Crippen LogP contribution in [0.25, 0.3) is 22.0 Å². The first-order valence-corrected chi connectivity index (χ1v) is 8.34. The Labute approximate surface area is 141 Å². The van der Waals surface area contributed by atoms with Crippen molar-refractivity contribution < 1.29 is 0 Å². The standard InChI is InChI=1S/C20H20N4/c1-12-4-5-16-15(11-23-24-16)18(12)19-13(9-21)10-22-17-8-20(2,3)7-6-14(17)19/h4-5,10-11H,6-8H2,1-3H3,(H,23,24). The molecule has 2 heterocycles. The average Bonchev–Trinajstić information content (AvgIpc) is 3.01. The summed E-state index contributed by atoms with van der Waals surface area (Å²) in [6.07, 6.45) is 6.64. The lowest BCUT2D eigenvalue weighted by atomic mass is 9.74. The summed E-state index contributed by atoms with van der Waals surface area (Å²) in [5, 5.41) is 18.0. The van der Waals surface area contributed by atoms with Gasteiger partial charge in [0.25, 0.3) is 0 Å². The summed E-state index contributed by atoms with van der Waals surface area (Å²) in [6.45, 7) is 6.68. The van der Waals surface area contributed by atoms with E-state index >= 15 is 0 Å². The van der Waals surface area contributed by atoms with Crippen molar-refractivity contribution in [3.05, 3.63) is 46.9 Å². The molecule has 24 heavy (non-hydrogen) atoms. The molecule has 4 rings (SSSR count). The summed E-state index contributed by atoms with van der Waals surface area (Å²) in [5.74, 6) is 0. The number of H-pyrrole nitrogens is 1. The number of hydrogen-bond donors (Lipinski definition) is 1. The molecule has 0 fully saturated rings. The molecular weight excluding hydrogens is 296 g/mol. The molecular formula is C20H20N4. The Balaban J connectivity index is 2.06. The van der Waals surface area contributed by atoms with E-state index in [1.165, 1.54) is 11.1 Å². The van der Waals surface area contributed by atoms with Crippen molar-refractivity contribution in [2.45, 2.75) is 40.0 Å². The van der Waals surface area contributed by atoms with Crippen molar-refractivity contribution in [1.29, 1.82) is 5.26 Å². The third kappa shape index (κ3) is 2.20. The van der Waals surface area contributed by atoms with Gasteiger partial charge >= 0.3 is 0 Å². The van der Waals surface area contributed by atoms with Crippen LogP contribution in [0.3, 0.4) is 0 Å². The van der Waals surface area contributed by atoms with E-state index < -0.39 is 0 Å². The van der Waals surface area contributed by atoms with Crippen LogP contribution in [0.4, 0.5) is 0 Å². The van der Waals surface area contributed by atoms with Crippen molar-refractivity contribution >= 4 is 10.9 Å². The van der Waals surface area contributed by atoms with Crippen LogP contribution >= 0.6 is 0 Å². The number of nitrogens with zero attached hydrogens (tertiary/aromatic N) is 3. The molecule has 4 nitrogen and oxygen atoms in total. The zero-order valence-corrected chi connectivity index (χ0v) is 14.3. The number of nitrogens with one attached hydrogen (secondary N) is 1. The van der Waals surface area contributed by atoms with Crippen molar-refractivity contribution in [2.24, 2.45) is 5.41 Å². The van der Waals surface area contributed by atoms with Gasteiger partial charge in [-0.15, -0.1) is 0 Å². The second kappa shape index (κ2) is 5.17. The number of pyridine rings is 1. The van der Waals surface area contributed by atoms with Gasteiger partial charge in [0.05, 0.1) is 17.3 Å². The molecule has 4 heteroatoms.